The van der Waals surface area contributed by atoms with Crippen LogP contribution in [0.5, 0.6) is 0 Å². The second-order valence-electron chi connectivity index (χ2n) is 4.28. The number of nitrogens with two attached hydrogens (primary N) is 1. The van der Waals surface area contributed by atoms with Gasteiger partial charge in [0.15, 0.2) is 0 Å². The highest BCUT2D eigenvalue weighted by molar-refractivity contribution is 6.31. The van der Waals surface area contributed by atoms with Gasteiger partial charge in [0, 0.05) is 5.69 Å². The first kappa shape index (κ1) is 15.1. The lowest BCUT2D eigenvalue weighted by Crippen LogP contribution is -2.06. The zero-order chi connectivity index (χ0) is 15.4. The Morgan fingerprint density at radius 3 is 2.71 bits per heavy atom. The maximum absolute atomic E-state index is 13.1. The number of hydrogen-bond acceptors (Lipinski definition) is 4. The molecule has 0 unspecified atom stereocenters. The number of ether oxygens (including phenoxy) is 1. The number of benzene rings is 2. The van der Waals surface area contributed by atoms with Crippen LogP contribution in [0.25, 0.3) is 0 Å². The molecule has 6 heteroatoms. The molecule has 0 saturated heterocycles. The fourth-order valence-electron chi connectivity index (χ4n) is 1.75. The summed E-state index contributed by atoms with van der Waals surface area (Å²) in [6.45, 7) is 2.03. The molecule has 2 aromatic rings. The van der Waals surface area contributed by atoms with E-state index < -0.39 is 11.8 Å². The number of nitrogens with one attached hydrogen (secondary N) is 1. The van der Waals surface area contributed by atoms with Crippen LogP contribution in [-0.2, 0) is 4.74 Å². The zero-order valence-electron chi connectivity index (χ0n) is 11.3. The van der Waals surface area contributed by atoms with Gasteiger partial charge in [0.1, 0.15) is 5.82 Å². The van der Waals surface area contributed by atoms with Crippen LogP contribution in [0.15, 0.2) is 36.4 Å². The van der Waals surface area contributed by atoms with Gasteiger partial charge in [-0.15, -0.1) is 0 Å². The molecule has 110 valence electrons. The number of nitrogen functional groups attached to an aromatic ring is 1. The Kier molecular flexibility index (Phi) is 4.65. The van der Waals surface area contributed by atoms with Crippen LogP contribution in [0.1, 0.15) is 17.3 Å². The summed E-state index contributed by atoms with van der Waals surface area (Å²) in [5, 5.41) is 3.03. The van der Waals surface area contributed by atoms with Gasteiger partial charge in [-0.25, -0.2) is 9.18 Å². The minimum absolute atomic E-state index is 0.0155. The van der Waals surface area contributed by atoms with Gasteiger partial charge in [0.2, 0.25) is 0 Å². The van der Waals surface area contributed by atoms with E-state index in [1.807, 2.05) is 0 Å². The number of esters is 1. The van der Waals surface area contributed by atoms with Crippen LogP contribution in [0, 0.1) is 5.82 Å². The van der Waals surface area contributed by atoms with Crippen molar-refractivity contribution in [2.75, 3.05) is 17.7 Å². The van der Waals surface area contributed by atoms with Gasteiger partial charge in [-0.2, -0.15) is 0 Å². The minimum atomic E-state index is -0.493. The van der Waals surface area contributed by atoms with Crippen LogP contribution in [0.4, 0.5) is 21.5 Å². The van der Waals surface area contributed by atoms with Crippen molar-refractivity contribution in [3.8, 4) is 0 Å². The summed E-state index contributed by atoms with van der Waals surface area (Å²) >= 11 is 5.71. The Morgan fingerprint density at radius 2 is 2.10 bits per heavy atom. The Morgan fingerprint density at radius 1 is 1.33 bits per heavy atom. The lowest BCUT2D eigenvalue weighted by molar-refractivity contribution is 0.0526. The molecule has 0 heterocycles. The smallest absolute Gasteiger partial charge is 0.338 e. The van der Waals surface area contributed by atoms with E-state index in [-0.39, 0.29) is 5.02 Å². The number of carbonyl (C=O) groups excluding carboxylic acids is 1. The molecule has 2 aromatic carbocycles. The molecule has 0 fully saturated rings. The van der Waals surface area contributed by atoms with E-state index in [9.17, 15) is 9.18 Å². The predicted molar refractivity (Wildman–Crippen MR) is 81.5 cm³/mol. The monoisotopic (exact) mass is 308 g/mol. The molecule has 0 saturated carbocycles. The third-order valence-electron chi connectivity index (χ3n) is 2.76. The van der Waals surface area contributed by atoms with Gasteiger partial charge in [0.25, 0.3) is 0 Å². The fourth-order valence-corrected chi connectivity index (χ4v) is 1.93. The summed E-state index contributed by atoms with van der Waals surface area (Å²) in [5.74, 6) is -0.923. The first-order chi connectivity index (χ1) is 10.0. The molecular weight excluding hydrogens is 295 g/mol. The molecule has 0 atom stereocenters. The van der Waals surface area contributed by atoms with Crippen LogP contribution >= 0.6 is 11.6 Å². The van der Waals surface area contributed by atoms with E-state index in [2.05, 4.69) is 5.32 Å². The van der Waals surface area contributed by atoms with E-state index in [1.54, 1.807) is 25.1 Å². The Labute approximate surface area is 126 Å². The topological polar surface area (TPSA) is 64.3 Å². The van der Waals surface area contributed by atoms with E-state index in [0.717, 1.165) is 0 Å². The molecule has 0 amide bonds. The molecule has 0 aliphatic heterocycles. The first-order valence-corrected chi connectivity index (χ1v) is 6.67. The number of anilines is 3. The van der Waals surface area contributed by atoms with Crippen LogP contribution in [0.3, 0.4) is 0 Å². The Balaban J connectivity index is 2.21. The van der Waals surface area contributed by atoms with E-state index in [0.29, 0.717) is 29.2 Å². The molecule has 0 bridgehead atoms. The maximum atomic E-state index is 13.1. The van der Waals surface area contributed by atoms with Crippen molar-refractivity contribution in [2.24, 2.45) is 0 Å². The van der Waals surface area contributed by atoms with Crippen molar-refractivity contribution >= 4 is 34.6 Å². The normalized spacial score (nSPS) is 10.2. The molecule has 2 rings (SSSR count). The number of hydrogen-bond donors (Lipinski definition) is 2. The average Bonchev–Trinajstić information content (AvgIpc) is 2.45. The number of halogens is 2. The number of carbonyl (C=O) groups is 1. The van der Waals surface area contributed by atoms with E-state index >= 15 is 0 Å². The molecule has 3 N–H and O–H groups in total. The van der Waals surface area contributed by atoms with Crippen LogP contribution in [-0.4, -0.2) is 12.6 Å². The minimum Gasteiger partial charge on any atom is -0.462 e. The fraction of sp³-hybridized carbons (Fsp3) is 0.133. The third kappa shape index (κ3) is 3.64. The van der Waals surface area contributed by atoms with Gasteiger partial charge in [-0.3, -0.25) is 0 Å². The highest BCUT2D eigenvalue weighted by Gasteiger charge is 2.09. The molecule has 0 aromatic heterocycles. The van der Waals surface area contributed by atoms with Crippen LogP contribution < -0.4 is 11.1 Å². The quantitative estimate of drug-likeness (QED) is 0.662. The second kappa shape index (κ2) is 6.45. The molecule has 0 aliphatic carbocycles. The van der Waals surface area contributed by atoms with Crippen molar-refractivity contribution < 1.29 is 13.9 Å². The average molecular weight is 309 g/mol. The summed E-state index contributed by atoms with van der Waals surface area (Å²) < 4.78 is 18.0. The standard InChI is InChI=1S/C15H14ClFN2O2/c1-2-21-15(20)9-3-6-14(13(18)7-9)19-10-4-5-12(17)11(16)8-10/h3-8,19H,2,18H2,1H3. The van der Waals surface area contributed by atoms with Gasteiger partial charge in [0.05, 0.1) is 28.6 Å². The molecular formula is C15H14ClFN2O2. The first-order valence-electron chi connectivity index (χ1n) is 6.30. The largest absolute Gasteiger partial charge is 0.462 e. The number of rotatable bonds is 4. The highest BCUT2D eigenvalue weighted by atomic mass is 35.5. The molecule has 0 radical (unpaired) electrons. The zero-order valence-corrected chi connectivity index (χ0v) is 12.1. The van der Waals surface area contributed by atoms with Crippen molar-refractivity contribution in [2.45, 2.75) is 6.92 Å². The highest BCUT2D eigenvalue weighted by Crippen LogP contribution is 2.27. The second-order valence-corrected chi connectivity index (χ2v) is 4.68. The van der Waals surface area contributed by atoms with Gasteiger partial charge in [-0.1, -0.05) is 11.6 Å². The maximum Gasteiger partial charge on any atom is 0.338 e. The lowest BCUT2D eigenvalue weighted by Gasteiger charge is -2.11. The predicted octanol–water partition coefficient (Wildman–Crippen LogP) is 3.98. The van der Waals surface area contributed by atoms with Crippen molar-refractivity contribution in [1.29, 1.82) is 0 Å². The molecule has 21 heavy (non-hydrogen) atoms. The summed E-state index contributed by atoms with van der Waals surface area (Å²) in [7, 11) is 0. The Hall–Kier alpha value is -2.27. The van der Waals surface area contributed by atoms with Crippen molar-refractivity contribution in [3.05, 3.63) is 52.8 Å². The van der Waals surface area contributed by atoms with Crippen LogP contribution in [0.2, 0.25) is 5.02 Å². The SMILES string of the molecule is CCOC(=O)c1ccc(Nc2ccc(F)c(Cl)c2)c(N)c1. The van der Waals surface area contributed by atoms with Gasteiger partial charge >= 0.3 is 5.97 Å². The Bertz CT molecular complexity index is 677. The summed E-state index contributed by atoms with van der Waals surface area (Å²) in [6, 6.07) is 9.02. The lowest BCUT2D eigenvalue weighted by atomic mass is 10.1. The van der Waals surface area contributed by atoms with Gasteiger partial charge < -0.3 is 15.8 Å². The summed E-state index contributed by atoms with van der Waals surface area (Å²) in [6.07, 6.45) is 0. The van der Waals surface area contributed by atoms with E-state index in [4.69, 9.17) is 22.1 Å². The summed E-state index contributed by atoms with van der Waals surface area (Å²) in [4.78, 5) is 11.6. The molecule has 4 nitrogen and oxygen atoms in total. The molecule has 0 spiro atoms. The van der Waals surface area contributed by atoms with Crippen molar-refractivity contribution in [1.82, 2.24) is 0 Å². The van der Waals surface area contributed by atoms with Gasteiger partial charge in [-0.05, 0) is 43.3 Å². The summed E-state index contributed by atoms with van der Waals surface area (Å²) in [5.41, 5.74) is 7.83. The van der Waals surface area contributed by atoms with Crippen molar-refractivity contribution in [3.63, 3.8) is 0 Å². The molecule has 0 aliphatic rings. The van der Waals surface area contributed by atoms with E-state index in [1.165, 1.54) is 18.2 Å². The third-order valence-corrected chi connectivity index (χ3v) is 3.05.